The number of benzene rings is 1. The number of aliphatic imine (C=N–C) groups is 1. The van der Waals surface area contributed by atoms with Gasteiger partial charge < -0.3 is 10.1 Å². The lowest BCUT2D eigenvalue weighted by atomic mass is 10.2. The van der Waals surface area contributed by atoms with E-state index in [0.29, 0.717) is 36.0 Å². The maximum atomic E-state index is 12.6. The average Bonchev–Trinajstić information content (AvgIpc) is 3.33. The van der Waals surface area contributed by atoms with Crippen LogP contribution >= 0.6 is 0 Å². The number of carbonyl (C=O) groups is 1. The molecule has 0 radical (unpaired) electrons. The second kappa shape index (κ2) is 6.56. The number of rotatable bonds is 4. The summed E-state index contributed by atoms with van der Waals surface area (Å²) in [6.07, 6.45) is 4.99. The third kappa shape index (κ3) is 2.99. The second-order valence-electron chi connectivity index (χ2n) is 5.39. The second-order valence-corrected chi connectivity index (χ2v) is 5.39. The molecule has 4 rings (SSSR count). The summed E-state index contributed by atoms with van der Waals surface area (Å²) in [5.74, 6) is 0.757. The fourth-order valence-corrected chi connectivity index (χ4v) is 2.57. The molecule has 2 aromatic heterocycles. The first-order chi connectivity index (χ1) is 12.3. The van der Waals surface area contributed by atoms with Crippen LogP contribution in [0.2, 0.25) is 0 Å². The normalized spacial score (nSPS) is 13.2. The van der Waals surface area contributed by atoms with Crippen molar-refractivity contribution in [1.82, 2.24) is 14.8 Å². The molecular formula is C18H15N5O2. The van der Waals surface area contributed by atoms with Gasteiger partial charge in [0.15, 0.2) is 0 Å². The van der Waals surface area contributed by atoms with Crippen LogP contribution in [0.25, 0.3) is 5.69 Å². The summed E-state index contributed by atoms with van der Waals surface area (Å²) in [6.45, 7) is 1.12. The lowest BCUT2D eigenvalue weighted by Crippen LogP contribution is -2.17. The van der Waals surface area contributed by atoms with E-state index < -0.39 is 0 Å². The van der Waals surface area contributed by atoms with Gasteiger partial charge in [0.25, 0.3) is 5.91 Å². The number of hydrogen-bond donors (Lipinski definition) is 1. The molecule has 1 aliphatic rings. The van der Waals surface area contributed by atoms with E-state index >= 15 is 0 Å². The van der Waals surface area contributed by atoms with Crippen LogP contribution in [-0.4, -0.2) is 39.7 Å². The third-order valence-electron chi connectivity index (χ3n) is 3.74. The van der Waals surface area contributed by atoms with Crippen molar-refractivity contribution in [3.8, 4) is 5.69 Å². The van der Waals surface area contributed by atoms with Crippen molar-refractivity contribution < 1.29 is 9.53 Å². The highest BCUT2D eigenvalue weighted by Crippen LogP contribution is 2.23. The zero-order valence-corrected chi connectivity index (χ0v) is 13.3. The van der Waals surface area contributed by atoms with Crippen molar-refractivity contribution in [3.63, 3.8) is 0 Å². The van der Waals surface area contributed by atoms with Crippen LogP contribution in [0.15, 0.2) is 66.0 Å². The van der Waals surface area contributed by atoms with Crippen molar-refractivity contribution in [2.45, 2.75) is 0 Å². The number of ether oxygens (including phenoxy) is 1. The molecule has 0 spiro atoms. The number of nitrogens with zero attached hydrogens (tertiary/aromatic N) is 4. The summed E-state index contributed by atoms with van der Waals surface area (Å²) in [5, 5.41) is 7.30. The Morgan fingerprint density at radius 1 is 1.12 bits per heavy atom. The highest BCUT2D eigenvalue weighted by Gasteiger charge is 2.22. The van der Waals surface area contributed by atoms with E-state index in [1.54, 1.807) is 35.4 Å². The first-order valence-electron chi connectivity index (χ1n) is 7.85. The van der Waals surface area contributed by atoms with Gasteiger partial charge in [-0.1, -0.05) is 18.2 Å². The van der Waals surface area contributed by atoms with Crippen molar-refractivity contribution in [2.75, 3.05) is 18.5 Å². The van der Waals surface area contributed by atoms with Gasteiger partial charge in [0.05, 0.1) is 30.2 Å². The Bertz CT molecular complexity index is 919. The van der Waals surface area contributed by atoms with Crippen LogP contribution in [0, 0.1) is 0 Å². The molecule has 0 aliphatic carbocycles. The highest BCUT2D eigenvalue weighted by atomic mass is 16.5. The van der Waals surface area contributed by atoms with Crippen molar-refractivity contribution in [2.24, 2.45) is 4.99 Å². The number of carbonyl (C=O) groups excluding carboxylic acids is 1. The zero-order chi connectivity index (χ0) is 17.1. The Labute approximate surface area is 144 Å². The van der Waals surface area contributed by atoms with E-state index in [1.807, 2.05) is 30.3 Å². The van der Waals surface area contributed by atoms with E-state index in [0.717, 1.165) is 5.69 Å². The number of anilines is 1. The van der Waals surface area contributed by atoms with Gasteiger partial charge >= 0.3 is 0 Å². The van der Waals surface area contributed by atoms with Crippen molar-refractivity contribution in [3.05, 3.63) is 72.2 Å². The number of nitrogens with one attached hydrogen (secondary N) is 1. The average molecular weight is 333 g/mol. The van der Waals surface area contributed by atoms with E-state index in [9.17, 15) is 4.79 Å². The molecule has 0 saturated heterocycles. The van der Waals surface area contributed by atoms with Gasteiger partial charge in [0, 0.05) is 11.8 Å². The van der Waals surface area contributed by atoms with Crippen LogP contribution in [0.1, 0.15) is 15.9 Å². The minimum Gasteiger partial charge on any atom is -0.475 e. The topological polar surface area (TPSA) is 81.4 Å². The quantitative estimate of drug-likeness (QED) is 0.794. The summed E-state index contributed by atoms with van der Waals surface area (Å²) >= 11 is 0. The van der Waals surface area contributed by atoms with Gasteiger partial charge in [-0.05, 0) is 24.3 Å². The van der Waals surface area contributed by atoms with Gasteiger partial charge in [-0.15, -0.1) is 0 Å². The predicted octanol–water partition coefficient (Wildman–Crippen LogP) is 2.30. The molecule has 1 N–H and O–H groups in total. The van der Waals surface area contributed by atoms with Gasteiger partial charge in [0.1, 0.15) is 12.4 Å². The summed E-state index contributed by atoms with van der Waals surface area (Å²) < 4.78 is 7.16. The van der Waals surface area contributed by atoms with Gasteiger partial charge in [-0.25, -0.2) is 9.67 Å². The molecule has 0 bridgehead atoms. The lowest BCUT2D eigenvalue weighted by Gasteiger charge is -2.11. The SMILES string of the molecule is O=C(Nc1c(C2=NCCO2)cnn1-c1cccnc1)c1ccccc1. The molecular weight excluding hydrogens is 318 g/mol. The lowest BCUT2D eigenvalue weighted by molar-refractivity contribution is 0.102. The molecule has 0 fully saturated rings. The minimum atomic E-state index is -0.230. The van der Waals surface area contributed by atoms with Crippen molar-refractivity contribution in [1.29, 1.82) is 0 Å². The van der Waals surface area contributed by atoms with Crippen LogP contribution in [-0.2, 0) is 4.74 Å². The van der Waals surface area contributed by atoms with E-state index in [-0.39, 0.29) is 5.91 Å². The predicted molar refractivity (Wildman–Crippen MR) is 93.1 cm³/mol. The van der Waals surface area contributed by atoms with Crippen LogP contribution in [0.5, 0.6) is 0 Å². The fraction of sp³-hybridized carbons (Fsp3) is 0.111. The molecule has 7 heteroatoms. The Morgan fingerprint density at radius 2 is 2.00 bits per heavy atom. The first-order valence-corrected chi connectivity index (χ1v) is 7.85. The number of pyridine rings is 1. The standard InChI is InChI=1S/C18H15N5O2/c24-17(13-5-2-1-3-6-13)22-16-15(18-20-9-10-25-18)12-21-23(16)14-7-4-8-19-11-14/h1-8,11-12H,9-10H2,(H,22,24). The summed E-state index contributed by atoms with van der Waals surface area (Å²) in [5.41, 5.74) is 1.93. The minimum absolute atomic E-state index is 0.230. The van der Waals surface area contributed by atoms with E-state index in [4.69, 9.17) is 4.74 Å². The highest BCUT2D eigenvalue weighted by molar-refractivity contribution is 6.08. The largest absolute Gasteiger partial charge is 0.475 e. The molecule has 1 aromatic carbocycles. The van der Waals surface area contributed by atoms with Gasteiger partial charge in [-0.3, -0.25) is 9.78 Å². The Hall–Kier alpha value is -3.48. The Balaban J connectivity index is 1.75. The summed E-state index contributed by atoms with van der Waals surface area (Å²) in [4.78, 5) is 21.1. The van der Waals surface area contributed by atoms with E-state index in [2.05, 4.69) is 20.4 Å². The molecule has 1 aliphatic heterocycles. The number of aromatic nitrogens is 3. The molecule has 0 atom stereocenters. The first kappa shape index (κ1) is 15.1. The Morgan fingerprint density at radius 3 is 2.72 bits per heavy atom. The zero-order valence-electron chi connectivity index (χ0n) is 13.3. The maximum absolute atomic E-state index is 12.6. The van der Waals surface area contributed by atoms with Crippen LogP contribution in [0.4, 0.5) is 5.82 Å². The van der Waals surface area contributed by atoms with Crippen LogP contribution in [0.3, 0.4) is 0 Å². The molecule has 25 heavy (non-hydrogen) atoms. The monoisotopic (exact) mass is 333 g/mol. The molecule has 1 amide bonds. The van der Waals surface area contributed by atoms with Crippen LogP contribution < -0.4 is 5.32 Å². The summed E-state index contributed by atoms with van der Waals surface area (Å²) in [6, 6.07) is 12.7. The molecule has 124 valence electrons. The number of amides is 1. The maximum Gasteiger partial charge on any atom is 0.256 e. The molecule has 7 nitrogen and oxygen atoms in total. The fourth-order valence-electron chi connectivity index (χ4n) is 2.57. The number of hydrogen-bond acceptors (Lipinski definition) is 5. The smallest absolute Gasteiger partial charge is 0.256 e. The molecule has 0 unspecified atom stereocenters. The molecule has 3 heterocycles. The van der Waals surface area contributed by atoms with Crippen molar-refractivity contribution >= 4 is 17.6 Å². The summed E-state index contributed by atoms with van der Waals surface area (Å²) in [7, 11) is 0. The van der Waals surface area contributed by atoms with Gasteiger partial charge in [0.2, 0.25) is 5.90 Å². The third-order valence-corrected chi connectivity index (χ3v) is 3.74. The molecule has 0 saturated carbocycles. The van der Waals surface area contributed by atoms with E-state index in [1.165, 1.54) is 0 Å². The Kier molecular flexibility index (Phi) is 3.96. The molecule has 3 aromatic rings. The van der Waals surface area contributed by atoms with Gasteiger partial charge in [-0.2, -0.15) is 5.10 Å².